The average Bonchev–Trinajstić information content (AvgIpc) is 1.97. The predicted molar refractivity (Wildman–Crippen MR) is 59.2 cm³/mol. The van der Waals surface area contributed by atoms with Crippen LogP contribution in [0.5, 0.6) is 0 Å². The molecule has 0 atom stereocenters. The van der Waals surface area contributed by atoms with E-state index in [4.69, 9.17) is 11.1 Å². The molecule has 11 heavy (non-hydrogen) atoms. The molecule has 4 heteroatoms. The van der Waals surface area contributed by atoms with Gasteiger partial charge in [-0.25, -0.2) is 0 Å². The Morgan fingerprint density at radius 3 is 2.73 bits per heavy atom. The van der Waals surface area contributed by atoms with Crippen molar-refractivity contribution in [3.05, 3.63) is 25.7 Å². The maximum absolute atomic E-state index is 7.02. The number of rotatable bonds is 1. The molecule has 0 amide bonds. The Labute approximate surface area is 87.0 Å². The van der Waals surface area contributed by atoms with Crippen molar-refractivity contribution >= 4 is 50.4 Å². The highest BCUT2D eigenvalue weighted by Gasteiger charge is 2.00. The molecule has 0 aliphatic carbocycles. The van der Waals surface area contributed by atoms with Gasteiger partial charge >= 0.3 is 0 Å². The number of benzene rings is 1. The normalized spacial score (nSPS) is 9.64. The molecule has 1 aromatic rings. The summed E-state index contributed by atoms with van der Waals surface area (Å²) >= 11 is 5.54. The Morgan fingerprint density at radius 2 is 2.18 bits per heavy atom. The first-order chi connectivity index (χ1) is 5.15. The Bertz CT molecular complexity index is 299. The minimum Gasteiger partial charge on any atom is -0.398 e. The van der Waals surface area contributed by atoms with Crippen LogP contribution in [0, 0.1) is 8.98 Å². The van der Waals surface area contributed by atoms with Crippen molar-refractivity contribution < 1.29 is 0 Å². The molecular formula is C7H6BrIN2. The molecule has 0 radical (unpaired) electrons. The maximum atomic E-state index is 7.02. The molecule has 0 saturated heterocycles. The third-order valence-electron chi connectivity index (χ3n) is 1.28. The zero-order valence-electron chi connectivity index (χ0n) is 5.57. The fourth-order valence-electron chi connectivity index (χ4n) is 0.703. The molecule has 3 N–H and O–H groups in total. The van der Waals surface area contributed by atoms with Gasteiger partial charge in [0.1, 0.15) is 0 Å². The van der Waals surface area contributed by atoms with Gasteiger partial charge in [0.15, 0.2) is 0 Å². The lowest BCUT2D eigenvalue weighted by Crippen LogP contribution is -1.93. The van der Waals surface area contributed by atoms with Crippen molar-refractivity contribution in [2.24, 2.45) is 0 Å². The second-order valence-electron chi connectivity index (χ2n) is 2.04. The molecule has 0 aliphatic rings. The molecule has 0 bridgehead atoms. The average molecular weight is 325 g/mol. The molecule has 0 aromatic heterocycles. The van der Waals surface area contributed by atoms with Crippen molar-refractivity contribution in [2.75, 3.05) is 5.73 Å². The lowest BCUT2D eigenvalue weighted by Gasteiger charge is -2.01. The van der Waals surface area contributed by atoms with Crippen LogP contribution in [0.4, 0.5) is 5.69 Å². The highest BCUT2D eigenvalue weighted by atomic mass is 127. The summed E-state index contributed by atoms with van der Waals surface area (Å²) in [5.74, 6) is 0. The van der Waals surface area contributed by atoms with Gasteiger partial charge in [0.05, 0.1) is 0 Å². The largest absolute Gasteiger partial charge is 0.398 e. The van der Waals surface area contributed by atoms with Crippen LogP contribution in [0.15, 0.2) is 16.6 Å². The van der Waals surface area contributed by atoms with Crippen molar-refractivity contribution in [3.63, 3.8) is 0 Å². The number of halogens is 2. The van der Waals surface area contributed by atoms with Crippen LogP contribution >= 0.6 is 38.5 Å². The van der Waals surface area contributed by atoms with Gasteiger partial charge in [0.2, 0.25) is 0 Å². The van der Waals surface area contributed by atoms with Gasteiger partial charge < -0.3 is 11.1 Å². The Hall–Kier alpha value is -0.100. The van der Waals surface area contributed by atoms with Crippen LogP contribution in [0.25, 0.3) is 0 Å². The lowest BCUT2D eigenvalue weighted by molar-refractivity contribution is 1.51. The number of hydrogen-bond donors (Lipinski definition) is 2. The summed E-state index contributed by atoms with van der Waals surface area (Å²) in [6.07, 6.45) is 1.25. The Balaban J connectivity index is 3.31. The van der Waals surface area contributed by atoms with Gasteiger partial charge in [-0.05, 0) is 50.7 Å². The highest BCUT2D eigenvalue weighted by Crippen LogP contribution is 2.23. The minimum atomic E-state index is 0.646. The van der Waals surface area contributed by atoms with Gasteiger partial charge in [0.25, 0.3) is 0 Å². The minimum absolute atomic E-state index is 0.646. The third-order valence-corrected chi connectivity index (χ3v) is 3.57. The topological polar surface area (TPSA) is 49.9 Å². The molecular weight excluding hydrogens is 319 g/mol. The monoisotopic (exact) mass is 324 g/mol. The molecule has 0 saturated carbocycles. The van der Waals surface area contributed by atoms with Gasteiger partial charge in [-0.15, -0.1) is 0 Å². The highest BCUT2D eigenvalue weighted by molar-refractivity contribution is 14.1. The van der Waals surface area contributed by atoms with E-state index in [2.05, 4.69) is 38.5 Å². The summed E-state index contributed by atoms with van der Waals surface area (Å²) in [7, 11) is 0. The van der Waals surface area contributed by atoms with E-state index < -0.39 is 0 Å². The maximum Gasteiger partial charge on any atom is 0.0414 e. The summed E-state index contributed by atoms with van der Waals surface area (Å²) in [4.78, 5) is 0. The Kier molecular flexibility index (Phi) is 2.89. The lowest BCUT2D eigenvalue weighted by atomic mass is 10.2. The van der Waals surface area contributed by atoms with E-state index in [1.165, 1.54) is 6.21 Å². The van der Waals surface area contributed by atoms with Gasteiger partial charge in [0, 0.05) is 25.5 Å². The van der Waals surface area contributed by atoms with Gasteiger partial charge in [-0.1, -0.05) is 0 Å². The summed E-state index contributed by atoms with van der Waals surface area (Å²) in [6, 6.07) is 3.68. The fourth-order valence-corrected chi connectivity index (χ4v) is 1.55. The number of nitrogens with two attached hydrogens (primary N) is 1. The zero-order chi connectivity index (χ0) is 8.43. The molecule has 58 valence electrons. The van der Waals surface area contributed by atoms with Crippen LogP contribution in [0.2, 0.25) is 0 Å². The zero-order valence-corrected chi connectivity index (χ0v) is 9.31. The van der Waals surface area contributed by atoms with Gasteiger partial charge in [-0.3, -0.25) is 0 Å². The number of hydrogen-bond acceptors (Lipinski definition) is 2. The molecule has 0 aliphatic heterocycles. The number of nitrogen functional groups attached to an aromatic ring is 1. The van der Waals surface area contributed by atoms with Crippen LogP contribution in [0.3, 0.4) is 0 Å². The van der Waals surface area contributed by atoms with Crippen molar-refractivity contribution in [2.45, 2.75) is 0 Å². The quantitative estimate of drug-likeness (QED) is 0.466. The summed E-state index contributed by atoms with van der Waals surface area (Å²) < 4.78 is 2.04. The summed E-state index contributed by atoms with van der Waals surface area (Å²) in [5, 5.41) is 7.02. The molecule has 1 aromatic carbocycles. The van der Waals surface area contributed by atoms with Gasteiger partial charge in [-0.2, -0.15) is 0 Å². The van der Waals surface area contributed by atoms with Crippen LogP contribution in [0.1, 0.15) is 5.56 Å². The SMILES string of the molecule is N=Cc1cc(Br)c(I)cc1N. The van der Waals surface area contributed by atoms with Crippen LogP contribution in [-0.2, 0) is 0 Å². The first-order valence-electron chi connectivity index (χ1n) is 2.90. The van der Waals surface area contributed by atoms with Crippen molar-refractivity contribution in [1.82, 2.24) is 0 Å². The first-order valence-corrected chi connectivity index (χ1v) is 4.77. The van der Waals surface area contributed by atoms with E-state index in [-0.39, 0.29) is 0 Å². The van der Waals surface area contributed by atoms with E-state index in [9.17, 15) is 0 Å². The number of nitrogens with one attached hydrogen (secondary N) is 1. The van der Waals surface area contributed by atoms with E-state index in [1.807, 2.05) is 12.1 Å². The van der Waals surface area contributed by atoms with E-state index in [0.717, 1.165) is 13.6 Å². The third kappa shape index (κ3) is 1.93. The standard InChI is InChI=1S/C7H6BrIN2/c8-5-1-4(3-10)7(11)2-6(5)9/h1-3,10H,11H2. The van der Waals surface area contributed by atoms with Crippen molar-refractivity contribution in [1.29, 1.82) is 5.41 Å². The number of anilines is 1. The van der Waals surface area contributed by atoms with Crippen molar-refractivity contribution in [3.8, 4) is 0 Å². The molecule has 0 unspecified atom stereocenters. The second-order valence-corrected chi connectivity index (χ2v) is 4.06. The van der Waals surface area contributed by atoms with Crippen LogP contribution in [-0.4, -0.2) is 6.21 Å². The molecule has 0 fully saturated rings. The smallest absolute Gasteiger partial charge is 0.0414 e. The summed E-state index contributed by atoms with van der Waals surface area (Å²) in [5.41, 5.74) is 7.02. The summed E-state index contributed by atoms with van der Waals surface area (Å²) in [6.45, 7) is 0. The predicted octanol–water partition coefficient (Wildman–Crippen LogP) is 2.63. The second kappa shape index (κ2) is 3.53. The molecule has 2 nitrogen and oxygen atoms in total. The molecule has 1 rings (SSSR count). The first kappa shape index (κ1) is 8.99. The Morgan fingerprint density at radius 1 is 1.55 bits per heavy atom. The van der Waals surface area contributed by atoms with E-state index >= 15 is 0 Å². The fraction of sp³-hybridized carbons (Fsp3) is 0. The van der Waals surface area contributed by atoms with E-state index in [0.29, 0.717) is 5.69 Å². The molecule has 0 spiro atoms. The van der Waals surface area contributed by atoms with E-state index in [1.54, 1.807) is 0 Å². The van der Waals surface area contributed by atoms with Crippen LogP contribution < -0.4 is 5.73 Å². The molecule has 0 heterocycles.